The van der Waals surface area contributed by atoms with Gasteiger partial charge in [-0.05, 0) is 18.2 Å². The molecule has 104 valence electrons. The van der Waals surface area contributed by atoms with Crippen molar-refractivity contribution in [2.75, 3.05) is 19.7 Å². The summed E-state index contributed by atoms with van der Waals surface area (Å²) in [6.07, 6.45) is 2.68. The second-order valence-corrected chi connectivity index (χ2v) is 4.71. The van der Waals surface area contributed by atoms with Crippen molar-refractivity contribution in [3.05, 3.63) is 42.2 Å². The lowest BCUT2D eigenvalue weighted by molar-refractivity contribution is -0.154. The highest BCUT2D eigenvalue weighted by atomic mass is 16.5. The summed E-state index contributed by atoms with van der Waals surface area (Å²) in [5, 5.41) is 8.96. The van der Waals surface area contributed by atoms with Crippen molar-refractivity contribution in [3.63, 3.8) is 0 Å². The highest BCUT2D eigenvalue weighted by Crippen LogP contribution is 2.14. The Morgan fingerprint density at radius 3 is 2.95 bits per heavy atom. The second-order valence-electron chi connectivity index (χ2n) is 4.71. The average Bonchev–Trinajstić information content (AvgIpc) is 2.90. The van der Waals surface area contributed by atoms with Gasteiger partial charge in [0.15, 0.2) is 6.10 Å². The van der Waals surface area contributed by atoms with E-state index >= 15 is 0 Å². The summed E-state index contributed by atoms with van der Waals surface area (Å²) in [5.41, 5.74) is 1.49. The molecule has 0 bridgehead atoms. The Hall–Kier alpha value is -2.34. The molecular weight excluding hydrogens is 260 g/mol. The topological polar surface area (TPSA) is 71.2 Å². The third kappa shape index (κ3) is 2.25. The molecule has 0 aliphatic carbocycles. The van der Waals surface area contributed by atoms with Crippen LogP contribution in [0.25, 0.3) is 5.52 Å². The number of rotatable bonds is 2. The number of aromatic nitrogens is 1. The summed E-state index contributed by atoms with van der Waals surface area (Å²) < 4.78 is 6.98. The molecule has 1 atom stereocenters. The van der Waals surface area contributed by atoms with Crippen LogP contribution in [0.15, 0.2) is 36.7 Å². The lowest BCUT2D eigenvalue weighted by Gasteiger charge is -2.30. The molecule has 1 aliphatic heterocycles. The maximum Gasteiger partial charge on any atom is 0.334 e. The van der Waals surface area contributed by atoms with Crippen LogP contribution >= 0.6 is 0 Å². The molecular formula is C14H14N2O4. The highest BCUT2D eigenvalue weighted by molar-refractivity contribution is 5.96. The van der Waals surface area contributed by atoms with Gasteiger partial charge in [-0.1, -0.05) is 6.07 Å². The van der Waals surface area contributed by atoms with E-state index in [-0.39, 0.29) is 19.1 Å². The van der Waals surface area contributed by atoms with Crippen LogP contribution in [0.3, 0.4) is 0 Å². The van der Waals surface area contributed by atoms with Gasteiger partial charge in [0, 0.05) is 24.5 Å². The highest BCUT2D eigenvalue weighted by Gasteiger charge is 2.29. The van der Waals surface area contributed by atoms with Crippen LogP contribution in [0.1, 0.15) is 10.4 Å². The zero-order valence-corrected chi connectivity index (χ0v) is 10.7. The fourth-order valence-electron chi connectivity index (χ4n) is 2.34. The first kappa shape index (κ1) is 12.7. The van der Waals surface area contributed by atoms with Crippen LogP contribution in [-0.4, -0.2) is 52.1 Å². The molecule has 6 nitrogen and oxygen atoms in total. The second kappa shape index (κ2) is 4.97. The minimum atomic E-state index is -1.04. The van der Waals surface area contributed by atoms with Crippen LogP contribution in [0.4, 0.5) is 0 Å². The number of carbonyl (C=O) groups excluding carboxylic acids is 1. The Bertz CT molecular complexity index is 631. The van der Waals surface area contributed by atoms with Gasteiger partial charge in [0.25, 0.3) is 5.91 Å². The molecule has 2 aromatic rings. The van der Waals surface area contributed by atoms with Crippen molar-refractivity contribution in [2.24, 2.45) is 0 Å². The maximum atomic E-state index is 12.4. The third-order valence-electron chi connectivity index (χ3n) is 3.38. The molecule has 0 saturated carbocycles. The fourth-order valence-corrected chi connectivity index (χ4v) is 2.34. The third-order valence-corrected chi connectivity index (χ3v) is 3.38. The number of carboxylic acids is 1. The average molecular weight is 274 g/mol. The van der Waals surface area contributed by atoms with Crippen LogP contribution in [0.5, 0.6) is 0 Å². The van der Waals surface area contributed by atoms with Gasteiger partial charge in [-0.15, -0.1) is 0 Å². The smallest absolute Gasteiger partial charge is 0.334 e. The van der Waals surface area contributed by atoms with E-state index in [1.54, 1.807) is 12.3 Å². The Balaban J connectivity index is 1.82. The van der Waals surface area contributed by atoms with Gasteiger partial charge < -0.3 is 19.1 Å². The Kier molecular flexibility index (Phi) is 3.15. The van der Waals surface area contributed by atoms with Gasteiger partial charge in [0.2, 0.25) is 0 Å². The van der Waals surface area contributed by atoms with Crippen molar-refractivity contribution < 1.29 is 19.4 Å². The minimum absolute atomic E-state index is 0.0837. The van der Waals surface area contributed by atoms with Crippen molar-refractivity contribution in [3.8, 4) is 0 Å². The van der Waals surface area contributed by atoms with Gasteiger partial charge in [-0.2, -0.15) is 0 Å². The fraction of sp³-hybridized carbons (Fsp3) is 0.286. The summed E-state index contributed by atoms with van der Waals surface area (Å²) in [6.45, 7) is 0.741. The van der Waals surface area contributed by atoms with Crippen LogP contribution in [0.2, 0.25) is 0 Å². The number of aliphatic carboxylic acids is 1. The number of amides is 1. The molecule has 6 heteroatoms. The number of fused-ring (bicyclic) bond motifs is 1. The zero-order chi connectivity index (χ0) is 14.1. The largest absolute Gasteiger partial charge is 0.479 e. The summed E-state index contributed by atoms with van der Waals surface area (Å²) in [6, 6.07) is 7.50. The van der Waals surface area contributed by atoms with Crippen molar-refractivity contribution in [1.82, 2.24) is 9.30 Å². The lowest BCUT2D eigenvalue weighted by atomic mass is 10.2. The predicted molar refractivity (Wildman–Crippen MR) is 70.7 cm³/mol. The molecule has 3 heterocycles. The number of pyridine rings is 1. The Morgan fingerprint density at radius 1 is 1.35 bits per heavy atom. The number of carbonyl (C=O) groups is 2. The molecule has 0 spiro atoms. The number of hydrogen-bond donors (Lipinski definition) is 1. The molecule has 1 aliphatic rings. The number of morpholine rings is 1. The molecule has 0 radical (unpaired) electrons. The number of hydrogen-bond acceptors (Lipinski definition) is 3. The van der Waals surface area contributed by atoms with E-state index in [2.05, 4.69) is 0 Å². The summed E-state index contributed by atoms with van der Waals surface area (Å²) in [7, 11) is 0. The lowest BCUT2D eigenvalue weighted by Crippen LogP contribution is -2.48. The van der Waals surface area contributed by atoms with E-state index in [1.807, 2.05) is 28.8 Å². The van der Waals surface area contributed by atoms with Gasteiger partial charge >= 0.3 is 5.97 Å². The van der Waals surface area contributed by atoms with E-state index in [9.17, 15) is 9.59 Å². The number of ether oxygens (including phenoxy) is 1. The Labute approximate surface area is 115 Å². The monoisotopic (exact) mass is 274 g/mol. The van der Waals surface area contributed by atoms with E-state index < -0.39 is 12.1 Å². The first-order valence-electron chi connectivity index (χ1n) is 6.35. The quantitative estimate of drug-likeness (QED) is 0.882. The van der Waals surface area contributed by atoms with Gasteiger partial charge in [-0.3, -0.25) is 4.79 Å². The van der Waals surface area contributed by atoms with Crippen LogP contribution in [-0.2, 0) is 9.53 Å². The molecule has 1 unspecified atom stereocenters. The van der Waals surface area contributed by atoms with Gasteiger partial charge in [-0.25, -0.2) is 4.79 Å². The first-order valence-corrected chi connectivity index (χ1v) is 6.35. The summed E-state index contributed by atoms with van der Waals surface area (Å²) in [4.78, 5) is 24.9. The van der Waals surface area contributed by atoms with Gasteiger partial charge in [0.1, 0.15) is 0 Å². The molecule has 2 aromatic heterocycles. The molecule has 20 heavy (non-hydrogen) atoms. The molecule has 1 amide bonds. The van der Waals surface area contributed by atoms with Crippen LogP contribution < -0.4 is 0 Å². The van der Waals surface area contributed by atoms with Crippen molar-refractivity contribution in [2.45, 2.75) is 6.10 Å². The zero-order valence-electron chi connectivity index (χ0n) is 10.7. The number of nitrogens with zero attached hydrogens (tertiary/aromatic N) is 2. The molecule has 0 aromatic carbocycles. The summed E-state index contributed by atoms with van der Waals surface area (Å²) >= 11 is 0. The molecule has 1 fully saturated rings. The van der Waals surface area contributed by atoms with E-state index in [4.69, 9.17) is 9.84 Å². The standard InChI is InChI=1S/C14H14N2O4/c17-13(16-5-6-20-12(9-16)14(18)19)10-7-11-3-1-2-4-15(11)8-10/h1-4,7-8,12H,5-6,9H2,(H,18,19). The maximum absolute atomic E-state index is 12.4. The SMILES string of the molecule is O=C(O)C1CN(C(=O)c2cc3ccccn3c2)CCO1. The summed E-state index contributed by atoms with van der Waals surface area (Å²) in [5.74, 6) is -1.20. The molecule has 1 saturated heterocycles. The number of carboxylic acid groups (broad SMARTS) is 1. The van der Waals surface area contributed by atoms with E-state index in [0.29, 0.717) is 12.1 Å². The molecule has 1 N–H and O–H groups in total. The van der Waals surface area contributed by atoms with Crippen LogP contribution in [0, 0.1) is 0 Å². The first-order chi connectivity index (χ1) is 9.65. The minimum Gasteiger partial charge on any atom is -0.479 e. The van der Waals surface area contributed by atoms with Crippen molar-refractivity contribution >= 4 is 17.4 Å². The van der Waals surface area contributed by atoms with E-state index in [1.165, 1.54) is 4.90 Å². The van der Waals surface area contributed by atoms with E-state index in [0.717, 1.165) is 5.52 Å². The van der Waals surface area contributed by atoms with Crippen molar-refractivity contribution in [1.29, 1.82) is 0 Å². The molecule has 3 rings (SSSR count). The van der Waals surface area contributed by atoms with Gasteiger partial charge in [0.05, 0.1) is 18.7 Å². The normalized spacial score (nSPS) is 19.2. The Morgan fingerprint density at radius 2 is 2.20 bits per heavy atom. The predicted octanol–water partition coefficient (Wildman–Crippen LogP) is 0.865.